The topological polar surface area (TPSA) is 35.2 Å². The minimum absolute atomic E-state index is 0. The minimum Gasteiger partial charge on any atom is -0.344 e. The van der Waals surface area contributed by atoms with Crippen molar-refractivity contribution in [3.8, 4) is 11.3 Å². The van der Waals surface area contributed by atoms with Gasteiger partial charge in [-0.1, -0.05) is 105 Å². The molecule has 4 nitrogen and oxygen atoms in total. The van der Waals surface area contributed by atoms with Crippen molar-refractivity contribution in [2.75, 3.05) is 26.2 Å². The van der Waals surface area contributed by atoms with Gasteiger partial charge in [0.25, 0.3) is 0 Å². The van der Waals surface area contributed by atoms with E-state index in [1.54, 1.807) is 0 Å². The molecule has 1 saturated heterocycles. The molecule has 37 heavy (non-hydrogen) atoms. The van der Waals surface area contributed by atoms with Crippen LogP contribution in [0, 0.1) is 5.92 Å². The molecule has 1 N–H and O–H groups in total. The normalized spacial score (nSPS) is 14.9. The first kappa shape index (κ1) is 30.9. The summed E-state index contributed by atoms with van der Waals surface area (Å²) in [6, 6.07) is 33.0. The number of halogens is 3. The molecule has 0 saturated carbocycles. The molecule has 1 aliphatic heterocycles. The highest BCUT2D eigenvalue weighted by atomic mass is 35.5. The quantitative estimate of drug-likeness (QED) is 0.255. The molecule has 7 heteroatoms. The van der Waals surface area contributed by atoms with Crippen LogP contribution in [0.15, 0.2) is 97.3 Å². The molecule has 1 atom stereocenters. The SMILES string of the molecule is CC(C)C(c1nc[nH]c1-c1ccccc1)N1CCN(C(c2ccccc2)c2ccccc2)CC1.Cl.Cl.Cl. The summed E-state index contributed by atoms with van der Waals surface area (Å²) in [5.74, 6) is 0.469. The number of nitrogens with zero attached hydrogens (tertiary/aromatic N) is 3. The van der Waals surface area contributed by atoms with Gasteiger partial charge in [0, 0.05) is 26.2 Å². The molecule has 1 aliphatic rings. The summed E-state index contributed by atoms with van der Waals surface area (Å²) in [5.41, 5.74) is 6.24. The second kappa shape index (κ2) is 14.6. The van der Waals surface area contributed by atoms with Crippen LogP contribution in [0.4, 0.5) is 0 Å². The number of imidazole rings is 1. The van der Waals surface area contributed by atoms with E-state index in [1.807, 2.05) is 6.33 Å². The molecule has 1 aromatic heterocycles. The van der Waals surface area contributed by atoms with Gasteiger partial charge in [0.15, 0.2) is 0 Å². The molecule has 1 fully saturated rings. The summed E-state index contributed by atoms with van der Waals surface area (Å²) in [5, 5.41) is 0. The third-order valence-corrected chi connectivity index (χ3v) is 6.98. The third kappa shape index (κ3) is 6.95. The van der Waals surface area contributed by atoms with E-state index in [9.17, 15) is 0 Å². The molecular weight excluding hydrogens is 523 g/mol. The Labute approximate surface area is 239 Å². The van der Waals surface area contributed by atoms with Gasteiger partial charge in [-0.25, -0.2) is 4.98 Å². The Morgan fingerprint density at radius 1 is 0.649 bits per heavy atom. The molecule has 4 aromatic rings. The number of aromatic amines is 1. The molecule has 0 radical (unpaired) electrons. The highest BCUT2D eigenvalue weighted by Crippen LogP contribution is 2.36. The molecule has 198 valence electrons. The van der Waals surface area contributed by atoms with E-state index in [-0.39, 0.29) is 49.3 Å². The van der Waals surface area contributed by atoms with Crippen molar-refractivity contribution in [3.63, 3.8) is 0 Å². The Bertz CT molecular complexity index is 1120. The lowest BCUT2D eigenvalue weighted by molar-refractivity contribution is 0.0604. The van der Waals surface area contributed by atoms with Crippen LogP contribution in [0.3, 0.4) is 0 Å². The standard InChI is InChI=1S/C30H34N4.3ClH/c1-23(2)29(28-27(31-22-32-28)24-12-6-3-7-13-24)33-18-20-34(21-19-33)30(25-14-8-4-9-15-25)26-16-10-5-11-17-26;;;/h3-17,22-23,29-30H,18-21H2,1-2H3,(H,31,32);3*1H. The maximum atomic E-state index is 4.83. The molecule has 0 amide bonds. The van der Waals surface area contributed by atoms with Crippen LogP contribution < -0.4 is 0 Å². The third-order valence-electron chi connectivity index (χ3n) is 6.98. The van der Waals surface area contributed by atoms with Crippen LogP contribution in [0.2, 0.25) is 0 Å². The second-order valence-corrected chi connectivity index (χ2v) is 9.51. The molecule has 0 spiro atoms. The van der Waals surface area contributed by atoms with Gasteiger partial charge in [0.1, 0.15) is 0 Å². The fraction of sp³-hybridized carbons (Fsp3) is 0.300. The summed E-state index contributed by atoms with van der Waals surface area (Å²) in [7, 11) is 0. The summed E-state index contributed by atoms with van der Waals surface area (Å²) in [6.45, 7) is 8.75. The molecule has 1 unspecified atom stereocenters. The number of hydrogen-bond acceptors (Lipinski definition) is 3. The fourth-order valence-corrected chi connectivity index (χ4v) is 5.43. The Morgan fingerprint density at radius 3 is 1.59 bits per heavy atom. The predicted molar refractivity (Wildman–Crippen MR) is 161 cm³/mol. The highest BCUT2D eigenvalue weighted by molar-refractivity contribution is 5.86. The lowest BCUT2D eigenvalue weighted by Crippen LogP contribution is -2.49. The maximum absolute atomic E-state index is 4.83. The summed E-state index contributed by atoms with van der Waals surface area (Å²) in [6.07, 6.45) is 1.85. The second-order valence-electron chi connectivity index (χ2n) is 9.51. The summed E-state index contributed by atoms with van der Waals surface area (Å²) < 4.78 is 0. The van der Waals surface area contributed by atoms with Crippen molar-refractivity contribution < 1.29 is 0 Å². The summed E-state index contributed by atoms with van der Waals surface area (Å²) >= 11 is 0. The zero-order chi connectivity index (χ0) is 23.3. The largest absolute Gasteiger partial charge is 0.344 e. The molecule has 0 aliphatic carbocycles. The van der Waals surface area contributed by atoms with Gasteiger partial charge < -0.3 is 4.98 Å². The average Bonchev–Trinajstić information content (AvgIpc) is 3.36. The van der Waals surface area contributed by atoms with Crippen molar-refractivity contribution in [2.24, 2.45) is 5.92 Å². The number of rotatable bonds is 7. The first-order valence-electron chi connectivity index (χ1n) is 12.4. The van der Waals surface area contributed by atoms with E-state index >= 15 is 0 Å². The monoisotopic (exact) mass is 558 g/mol. The van der Waals surface area contributed by atoms with Gasteiger partial charge in [-0.2, -0.15) is 0 Å². The Morgan fingerprint density at radius 2 is 1.11 bits per heavy atom. The molecule has 5 rings (SSSR count). The number of aromatic nitrogens is 2. The zero-order valence-corrected chi connectivity index (χ0v) is 23.8. The van der Waals surface area contributed by atoms with Crippen molar-refractivity contribution >= 4 is 37.2 Å². The van der Waals surface area contributed by atoms with E-state index < -0.39 is 0 Å². The van der Waals surface area contributed by atoms with Gasteiger partial charge in [-0.15, -0.1) is 37.2 Å². The average molecular weight is 560 g/mol. The molecule has 2 heterocycles. The highest BCUT2D eigenvalue weighted by Gasteiger charge is 2.33. The first-order chi connectivity index (χ1) is 16.7. The van der Waals surface area contributed by atoms with Crippen LogP contribution in [-0.2, 0) is 0 Å². The van der Waals surface area contributed by atoms with Crippen LogP contribution in [0.1, 0.15) is 42.8 Å². The number of hydrogen-bond donors (Lipinski definition) is 1. The zero-order valence-electron chi connectivity index (χ0n) is 21.4. The van der Waals surface area contributed by atoms with E-state index in [4.69, 9.17) is 4.98 Å². The number of piperazine rings is 1. The first-order valence-corrected chi connectivity index (χ1v) is 12.4. The van der Waals surface area contributed by atoms with Crippen LogP contribution >= 0.6 is 37.2 Å². The van der Waals surface area contributed by atoms with Crippen molar-refractivity contribution in [3.05, 3.63) is 114 Å². The lowest BCUT2D eigenvalue weighted by Gasteiger charge is -2.43. The van der Waals surface area contributed by atoms with Gasteiger partial charge in [0.2, 0.25) is 0 Å². The Kier molecular flexibility index (Phi) is 12.2. The maximum Gasteiger partial charge on any atom is 0.0928 e. The van der Waals surface area contributed by atoms with Gasteiger partial charge in [-0.3, -0.25) is 9.80 Å². The predicted octanol–water partition coefficient (Wildman–Crippen LogP) is 7.45. The smallest absolute Gasteiger partial charge is 0.0928 e. The van der Waals surface area contributed by atoms with E-state index in [1.165, 1.54) is 16.7 Å². The van der Waals surface area contributed by atoms with E-state index in [2.05, 4.69) is 120 Å². The number of H-pyrrole nitrogens is 1. The number of nitrogens with one attached hydrogen (secondary N) is 1. The summed E-state index contributed by atoms with van der Waals surface area (Å²) in [4.78, 5) is 13.5. The molecule has 0 bridgehead atoms. The van der Waals surface area contributed by atoms with Crippen LogP contribution in [0.5, 0.6) is 0 Å². The van der Waals surface area contributed by atoms with E-state index in [0.29, 0.717) is 5.92 Å². The van der Waals surface area contributed by atoms with Crippen LogP contribution in [0.25, 0.3) is 11.3 Å². The van der Waals surface area contributed by atoms with Gasteiger partial charge in [0.05, 0.1) is 29.8 Å². The molecular formula is C30H37Cl3N4. The Hall–Kier alpha value is -2.34. The van der Waals surface area contributed by atoms with Gasteiger partial charge in [-0.05, 0) is 22.6 Å². The van der Waals surface area contributed by atoms with Crippen LogP contribution in [-0.4, -0.2) is 45.9 Å². The fourth-order valence-electron chi connectivity index (χ4n) is 5.43. The number of benzene rings is 3. The van der Waals surface area contributed by atoms with Crippen molar-refractivity contribution in [2.45, 2.75) is 25.9 Å². The van der Waals surface area contributed by atoms with Gasteiger partial charge >= 0.3 is 0 Å². The minimum atomic E-state index is 0. The molecule has 3 aromatic carbocycles. The lowest BCUT2D eigenvalue weighted by atomic mass is 9.93. The van der Waals surface area contributed by atoms with E-state index in [0.717, 1.165) is 37.6 Å². The van der Waals surface area contributed by atoms with Crippen molar-refractivity contribution in [1.82, 2.24) is 19.8 Å². The Balaban J connectivity index is 0.00000160. The van der Waals surface area contributed by atoms with Crippen molar-refractivity contribution in [1.29, 1.82) is 0 Å².